The van der Waals surface area contributed by atoms with E-state index in [2.05, 4.69) is 0 Å². The minimum absolute atomic E-state index is 3.23. The van der Waals surface area contributed by atoms with Crippen LogP contribution >= 0.6 is 0 Å². The summed E-state index contributed by atoms with van der Waals surface area (Å²) in [7, 11) is 0. The third-order valence-electron chi connectivity index (χ3n) is 2.50. The van der Waals surface area contributed by atoms with Crippen molar-refractivity contribution in [3.63, 3.8) is 0 Å². The average Bonchev–Trinajstić information content (AvgIpc) is 2.37. The van der Waals surface area contributed by atoms with Gasteiger partial charge in [-0.3, -0.25) is 0 Å². The van der Waals surface area contributed by atoms with E-state index in [1.165, 1.54) is 0 Å². The van der Waals surface area contributed by atoms with Crippen LogP contribution in [0.15, 0.2) is 0 Å². The van der Waals surface area contributed by atoms with Crippen LogP contribution in [0.3, 0.4) is 0 Å². The predicted octanol–water partition coefficient (Wildman–Crippen LogP) is 2.88. The summed E-state index contributed by atoms with van der Waals surface area (Å²) in [5, 5.41) is 15.4. The van der Waals surface area contributed by atoms with Gasteiger partial charge in [0, 0.05) is 0 Å². The molecule has 0 spiro atoms. The minimum Gasteiger partial charge on any atom is -0.477 e. The molecule has 0 amide bonds. The number of alkyl halides is 12. The van der Waals surface area contributed by atoms with E-state index in [1.54, 1.807) is 0 Å². The zero-order valence-electron chi connectivity index (χ0n) is 10.0. The van der Waals surface area contributed by atoms with Crippen molar-refractivity contribution in [2.24, 2.45) is 0 Å². The molecule has 0 bridgehead atoms. The van der Waals surface area contributed by atoms with Crippen molar-refractivity contribution in [3.05, 3.63) is 0 Å². The summed E-state index contributed by atoms with van der Waals surface area (Å²) in [5.41, 5.74) is 0. The summed E-state index contributed by atoms with van der Waals surface area (Å²) in [4.78, 5) is 9.76. The normalized spacial score (nSPS) is 15.7. The molecule has 3 nitrogen and oxygen atoms in total. The summed E-state index contributed by atoms with van der Waals surface area (Å²) in [6, 6.07) is 0. The first-order valence-corrected chi connectivity index (χ1v) is 4.87. The lowest BCUT2D eigenvalue weighted by Crippen LogP contribution is -2.72. The molecule has 0 aromatic rings. The maximum Gasteiger partial charge on any atom is 0.410 e. The summed E-state index contributed by atoms with van der Waals surface area (Å²) >= 11 is 0. The second-order valence-corrected chi connectivity index (χ2v) is 4.04. The van der Waals surface area contributed by atoms with E-state index >= 15 is 0 Å². The molecule has 138 valence electrons. The lowest BCUT2D eigenvalue weighted by molar-refractivity contribution is -0.422. The molecule has 0 aliphatic rings. The third-order valence-corrected chi connectivity index (χ3v) is 2.50. The number of carboxylic acids is 1. The molecule has 0 saturated heterocycles. The molecule has 0 atom stereocenters. The highest BCUT2D eigenvalue weighted by Gasteiger charge is 2.91. The number of carboxylic acid groups (broad SMARTS) is 1. The van der Waals surface area contributed by atoms with Crippen molar-refractivity contribution in [1.82, 2.24) is 0 Å². The van der Waals surface area contributed by atoms with Crippen molar-refractivity contribution < 1.29 is 67.7 Å². The van der Waals surface area contributed by atoms with Gasteiger partial charge in [-0.15, -0.1) is 0 Å². The highest BCUT2D eigenvalue weighted by atomic mass is 19.4. The fourth-order valence-corrected chi connectivity index (χ4v) is 1.05. The predicted molar refractivity (Wildman–Crippen MR) is 44.4 cm³/mol. The van der Waals surface area contributed by atoms with Crippen LogP contribution in [-0.2, 0) is 4.79 Å². The Kier molecular flexibility index (Phi) is 4.98. The van der Waals surface area contributed by atoms with E-state index in [0.717, 1.165) is 0 Å². The molecule has 0 heterocycles. The number of hydrogen-bond donors (Lipinski definition) is 2. The van der Waals surface area contributed by atoms with Gasteiger partial charge >= 0.3 is 41.5 Å². The van der Waals surface area contributed by atoms with E-state index in [1.807, 2.05) is 0 Å². The first kappa shape index (κ1) is 21.6. The van der Waals surface area contributed by atoms with Crippen LogP contribution in [0.25, 0.3) is 0 Å². The molecule has 0 aliphatic carbocycles. The Morgan fingerprint density at radius 1 is 0.652 bits per heavy atom. The maximum atomic E-state index is 12.9. The second-order valence-electron chi connectivity index (χ2n) is 4.04. The first-order valence-electron chi connectivity index (χ1n) is 4.87. The SMILES string of the molecule is O=C(O)C(F)(F)C(F)(F)C(F)(F)C(F)(F)C(F)(F)C(F)(F)CO. The summed E-state index contributed by atoms with van der Waals surface area (Å²) < 4.78 is 152. The number of carbonyl (C=O) groups is 1. The molecule has 2 N–H and O–H groups in total. The summed E-state index contributed by atoms with van der Waals surface area (Å²) in [6.07, 6.45) is 0. The summed E-state index contributed by atoms with van der Waals surface area (Å²) in [5.74, 6) is -48.5. The Hall–Kier alpha value is -1.41. The van der Waals surface area contributed by atoms with Crippen molar-refractivity contribution in [1.29, 1.82) is 0 Å². The van der Waals surface area contributed by atoms with Crippen LogP contribution in [0.5, 0.6) is 0 Å². The van der Waals surface area contributed by atoms with Crippen LogP contribution in [-0.4, -0.2) is 58.3 Å². The Bertz CT molecular complexity index is 471. The van der Waals surface area contributed by atoms with Crippen LogP contribution in [0, 0.1) is 0 Å². The zero-order valence-corrected chi connectivity index (χ0v) is 10.0. The number of aliphatic hydroxyl groups is 1. The van der Waals surface area contributed by atoms with Crippen LogP contribution in [0.4, 0.5) is 52.7 Å². The number of aliphatic carboxylic acids is 1. The molecule has 0 radical (unpaired) electrons. The molecule has 0 aromatic carbocycles. The molecule has 23 heavy (non-hydrogen) atoms. The highest BCUT2D eigenvalue weighted by molar-refractivity contribution is 5.77. The largest absolute Gasteiger partial charge is 0.477 e. The Morgan fingerprint density at radius 3 is 1.22 bits per heavy atom. The van der Waals surface area contributed by atoms with Crippen LogP contribution < -0.4 is 0 Å². The van der Waals surface area contributed by atoms with Gasteiger partial charge in [0.1, 0.15) is 6.61 Å². The molecule has 0 unspecified atom stereocenters. The lowest BCUT2D eigenvalue weighted by Gasteiger charge is -2.40. The minimum atomic E-state index is -7.94. The van der Waals surface area contributed by atoms with E-state index in [9.17, 15) is 57.5 Å². The van der Waals surface area contributed by atoms with Gasteiger partial charge in [0.25, 0.3) is 0 Å². The highest BCUT2D eigenvalue weighted by Crippen LogP contribution is 2.59. The van der Waals surface area contributed by atoms with Gasteiger partial charge in [0.2, 0.25) is 0 Å². The van der Waals surface area contributed by atoms with Crippen LogP contribution in [0.2, 0.25) is 0 Å². The van der Waals surface area contributed by atoms with E-state index in [0.29, 0.717) is 0 Å². The third kappa shape index (κ3) is 2.57. The molecule has 0 saturated carbocycles. The zero-order chi connectivity index (χ0) is 19.3. The Balaban J connectivity index is 6.34. The van der Waals surface area contributed by atoms with Crippen molar-refractivity contribution in [3.8, 4) is 0 Å². The molecule has 0 fully saturated rings. The molecule has 0 aromatic heterocycles. The number of rotatable bonds is 7. The summed E-state index contributed by atoms with van der Waals surface area (Å²) in [6.45, 7) is -3.23. The first-order chi connectivity index (χ1) is 9.75. The smallest absolute Gasteiger partial charge is 0.410 e. The van der Waals surface area contributed by atoms with Gasteiger partial charge in [-0.2, -0.15) is 52.7 Å². The fraction of sp³-hybridized carbons (Fsp3) is 0.875. The van der Waals surface area contributed by atoms with Crippen molar-refractivity contribution >= 4 is 5.97 Å². The standard InChI is InChI=1S/C8H4F12O3/c9-3(10,1-21)5(13,14)7(17,18)8(19,20)6(15,16)4(11,12)2(22)23/h21H,1H2,(H,22,23). The molecule has 0 rings (SSSR count). The average molecular weight is 376 g/mol. The topological polar surface area (TPSA) is 57.5 Å². The molecular weight excluding hydrogens is 372 g/mol. The van der Waals surface area contributed by atoms with Gasteiger partial charge in [0.15, 0.2) is 0 Å². The second kappa shape index (κ2) is 5.31. The molecular formula is C8H4F12O3. The van der Waals surface area contributed by atoms with Crippen molar-refractivity contribution in [2.75, 3.05) is 6.61 Å². The quantitative estimate of drug-likeness (QED) is 0.672. The van der Waals surface area contributed by atoms with Crippen LogP contribution in [0.1, 0.15) is 0 Å². The van der Waals surface area contributed by atoms with Crippen molar-refractivity contribution in [2.45, 2.75) is 35.5 Å². The Morgan fingerprint density at radius 2 is 0.957 bits per heavy atom. The molecule has 15 heteroatoms. The fourth-order valence-electron chi connectivity index (χ4n) is 1.05. The van der Waals surface area contributed by atoms with Gasteiger partial charge in [-0.05, 0) is 0 Å². The van der Waals surface area contributed by atoms with Gasteiger partial charge in [0.05, 0.1) is 0 Å². The van der Waals surface area contributed by atoms with Gasteiger partial charge < -0.3 is 10.2 Å². The lowest BCUT2D eigenvalue weighted by atomic mass is 9.91. The number of hydrogen-bond acceptors (Lipinski definition) is 2. The molecule has 0 aliphatic heterocycles. The number of halogens is 12. The number of aliphatic hydroxyl groups excluding tert-OH is 1. The van der Waals surface area contributed by atoms with E-state index in [4.69, 9.17) is 10.2 Å². The monoisotopic (exact) mass is 376 g/mol. The van der Waals surface area contributed by atoms with Gasteiger partial charge in [-0.25, -0.2) is 4.79 Å². The van der Waals surface area contributed by atoms with E-state index < -0.39 is 48.1 Å². The Labute approximate surface area is 117 Å². The van der Waals surface area contributed by atoms with Gasteiger partial charge in [-0.1, -0.05) is 0 Å². The maximum absolute atomic E-state index is 12.9. The van der Waals surface area contributed by atoms with E-state index in [-0.39, 0.29) is 0 Å².